The largest absolute Gasteiger partial charge is 0.394 e. The monoisotopic (exact) mass is 569 g/mol. The number of amides is 3. The summed E-state index contributed by atoms with van der Waals surface area (Å²) in [6.07, 6.45) is 1.96. The summed E-state index contributed by atoms with van der Waals surface area (Å²) in [5.41, 5.74) is -1.64. The second kappa shape index (κ2) is 11.0. The first kappa shape index (κ1) is 31.5. The zero-order valence-electron chi connectivity index (χ0n) is 26.4. The molecule has 3 saturated heterocycles. The van der Waals surface area contributed by atoms with Crippen LogP contribution >= 0.6 is 0 Å². The topological polar surface area (TPSA) is 108 Å². The van der Waals surface area contributed by atoms with Crippen LogP contribution < -0.4 is 10.6 Å². The van der Waals surface area contributed by atoms with Gasteiger partial charge in [-0.2, -0.15) is 0 Å². The first-order chi connectivity index (χ1) is 19.0. The van der Waals surface area contributed by atoms with E-state index in [9.17, 15) is 19.5 Å². The summed E-state index contributed by atoms with van der Waals surface area (Å²) in [4.78, 5) is 44.4. The number of rotatable bonds is 10. The fourth-order valence-corrected chi connectivity index (χ4v) is 8.21. The zero-order valence-corrected chi connectivity index (χ0v) is 26.4. The second-order valence-corrected chi connectivity index (χ2v) is 14.9. The molecule has 41 heavy (non-hydrogen) atoms. The molecule has 1 spiro atoms. The smallest absolute Gasteiger partial charge is 0.246 e. The Morgan fingerprint density at radius 3 is 2.34 bits per heavy atom. The van der Waals surface area contributed by atoms with Crippen molar-refractivity contribution >= 4 is 17.7 Å². The average Bonchev–Trinajstić information content (AvgIpc) is 3.38. The quantitative estimate of drug-likeness (QED) is 0.394. The van der Waals surface area contributed by atoms with E-state index in [-0.39, 0.29) is 41.6 Å². The lowest BCUT2D eigenvalue weighted by Crippen LogP contribution is -2.62. The Bertz CT molecular complexity index is 1150. The van der Waals surface area contributed by atoms with Gasteiger partial charge >= 0.3 is 0 Å². The molecule has 0 saturated carbocycles. The summed E-state index contributed by atoms with van der Waals surface area (Å²) < 4.78 is 6.86. The number of likely N-dealkylation sites (tertiary alicyclic amines) is 1. The third-order valence-corrected chi connectivity index (χ3v) is 9.87. The van der Waals surface area contributed by atoms with Crippen LogP contribution in [0, 0.1) is 29.1 Å². The summed E-state index contributed by atoms with van der Waals surface area (Å²) >= 11 is 0. The Balaban J connectivity index is 1.75. The van der Waals surface area contributed by atoms with Crippen molar-refractivity contribution in [2.45, 2.75) is 117 Å². The van der Waals surface area contributed by atoms with Crippen molar-refractivity contribution in [3.05, 3.63) is 35.9 Å². The van der Waals surface area contributed by atoms with Gasteiger partial charge in [0.2, 0.25) is 17.7 Å². The fraction of sp³-hybridized carbons (Fsp3) is 0.727. The minimum atomic E-state index is -1.15. The zero-order chi connectivity index (χ0) is 30.5. The van der Waals surface area contributed by atoms with Crippen molar-refractivity contribution in [3.63, 3.8) is 0 Å². The number of hydrogen-bond acceptors (Lipinski definition) is 5. The Hall–Kier alpha value is -2.45. The van der Waals surface area contributed by atoms with Crippen LogP contribution in [0.3, 0.4) is 0 Å². The van der Waals surface area contributed by atoms with Gasteiger partial charge in [-0.1, -0.05) is 78.3 Å². The standard InChI is InChI=1S/C33H51N3O5/c1-10-20(2)23(18-37)36-26(28(39)35-31(7,8)19-30(4,5)6)33-16-21(3)32(9,41-33)24(25(33)29(36)40)27(38)34-17-22-14-12-11-13-15-22/h11-15,20-21,23-26,37H,10,16-19H2,1-9H3,(H,34,38)(H,35,39)/t20-,21?,23-,24+,25-,26?,32-,33?/m0/s1. The van der Waals surface area contributed by atoms with Crippen molar-refractivity contribution in [1.29, 1.82) is 0 Å². The minimum absolute atomic E-state index is 0.0284. The average molecular weight is 570 g/mol. The van der Waals surface area contributed by atoms with Crippen LogP contribution in [0.25, 0.3) is 0 Å². The molecule has 3 N–H and O–H groups in total. The van der Waals surface area contributed by atoms with Crippen LogP contribution in [0.2, 0.25) is 0 Å². The predicted molar refractivity (Wildman–Crippen MR) is 159 cm³/mol. The van der Waals surface area contributed by atoms with Crippen LogP contribution in [-0.2, 0) is 25.7 Å². The van der Waals surface area contributed by atoms with Gasteiger partial charge in [-0.3, -0.25) is 14.4 Å². The number of carbonyl (C=O) groups is 3. The van der Waals surface area contributed by atoms with Crippen LogP contribution in [0.1, 0.15) is 87.1 Å². The highest BCUT2D eigenvalue weighted by Gasteiger charge is 2.80. The molecule has 1 aromatic carbocycles. The lowest BCUT2D eigenvalue weighted by atomic mass is 9.62. The molecule has 3 aliphatic heterocycles. The molecule has 0 radical (unpaired) electrons. The Labute approximate surface area is 246 Å². The maximum Gasteiger partial charge on any atom is 0.246 e. The first-order valence-corrected chi connectivity index (χ1v) is 15.3. The van der Waals surface area contributed by atoms with E-state index in [1.54, 1.807) is 4.90 Å². The summed E-state index contributed by atoms with van der Waals surface area (Å²) in [5.74, 6) is -2.44. The third kappa shape index (κ3) is 5.54. The van der Waals surface area contributed by atoms with Gasteiger partial charge < -0.3 is 25.4 Å². The molecule has 3 unspecified atom stereocenters. The summed E-state index contributed by atoms with van der Waals surface area (Å²) in [5, 5.41) is 16.9. The van der Waals surface area contributed by atoms with Crippen LogP contribution in [0.15, 0.2) is 30.3 Å². The number of nitrogens with zero attached hydrogens (tertiary/aromatic N) is 1. The highest BCUT2D eigenvalue weighted by molar-refractivity contribution is 5.99. The second-order valence-electron chi connectivity index (χ2n) is 14.9. The molecule has 8 nitrogen and oxygen atoms in total. The number of ether oxygens (including phenoxy) is 1. The van der Waals surface area contributed by atoms with Gasteiger partial charge in [0.05, 0.1) is 30.1 Å². The number of nitrogens with one attached hydrogen (secondary N) is 2. The Morgan fingerprint density at radius 1 is 1.15 bits per heavy atom. The maximum absolute atomic E-state index is 14.5. The van der Waals surface area contributed by atoms with Crippen molar-refractivity contribution in [3.8, 4) is 0 Å². The van der Waals surface area contributed by atoms with Crippen LogP contribution in [0.4, 0.5) is 0 Å². The molecule has 3 aliphatic rings. The lowest BCUT2D eigenvalue weighted by Gasteiger charge is -2.41. The van der Waals surface area contributed by atoms with Gasteiger partial charge in [0.1, 0.15) is 11.6 Å². The highest BCUT2D eigenvalue weighted by atomic mass is 16.5. The van der Waals surface area contributed by atoms with E-state index in [1.807, 2.05) is 71.9 Å². The molecule has 8 heteroatoms. The van der Waals surface area contributed by atoms with Crippen molar-refractivity contribution in [1.82, 2.24) is 15.5 Å². The van der Waals surface area contributed by atoms with E-state index in [4.69, 9.17) is 4.74 Å². The summed E-state index contributed by atoms with van der Waals surface area (Å²) in [7, 11) is 0. The molecular weight excluding hydrogens is 518 g/mol. The number of aliphatic hydroxyl groups is 1. The predicted octanol–water partition coefficient (Wildman–Crippen LogP) is 4.05. The molecule has 4 rings (SSSR count). The molecule has 8 atom stereocenters. The van der Waals surface area contributed by atoms with Gasteiger partial charge in [-0.15, -0.1) is 0 Å². The third-order valence-electron chi connectivity index (χ3n) is 9.87. The number of benzene rings is 1. The van der Waals surface area contributed by atoms with Crippen molar-refractivity contribution < 1.29 is 24.2 Å². The van der Waals surface area contributed by atoms with Gasteiger partial charge in [0.15, 0.2) is 0 Å². The number of carbonyl (C=O) groups excluding carboxylic acids is 3. The molecule has 0 aromatic heterocycles. The van der Waals surface area contributed by atoms with Crippen LogP contribution in [-0.4, -0.2) is 63.2 Å². The van der Waals surface area contributed by atoms with E-state index in [0.717, 1.165) is 18.4 Å². The minimum Gasteiger partial charge on any atom is -0.394 e. The molecule has 1 aromatic rings. The Kier molecular flexibility index (Phi) is 8.44. The molecule has 0 aliphatic carbocycles. The number of aliphatic hydroxyl groups excluding tert-OH is 1. The van der Waals surface area contributed by atoms with E-state index in [1.165, 1.54) is 0 Å². The van der Waals surface area contributed by atoms with Crippen molar-refractivity contribution in [2.75, 3.05) is 6.61 Å². The van der Waals surface area contributed by atoms with Crippen LogP contribution in [0.5, 0.6) is 0 Å². The molecule has 3 amide bonds. The lowest BCUT2D eigenvalue weighted by molar-refractivity contribution is -0.153. The molecule has 228 valence electrons. The molecule has 2 bridgehead atoms. The summed E-state index contributed by atoms with van der Waals surface area (Å²) in [6.45, 7) is 18.5. The molecule has 3 fully saturated rings. The van der Waals surface area contributed by atoms with E-state index >= 15 is 0 Å². The summed E-state index contributed by atoms with van der Waals surface area (Å²) in [6, 6.07) is 8.17. The molecule has 3 heterocycles. The Morgan fingerprint density at radius 2 is 1.78 bits per heavy atom. The van der Waals surface area contributed by atoms with Crippen molar-refractivity contribution in [2.24, 2.45) is 29.1 Å². The van der Waals surface area contributed by atoms with Gasteiger partial charge in [0.25, 0.3) is 0 Å². The normalized spacial score (nSPS) is 32.5. The first-order valence-electron chi connectivity index (χ1n) is 15.3. The van der Waals surface area contributed by atoms with Gasteiger partial charge in [-0.05, 0) is 56.4 Å². The highest BCUT2D eigenvalue weighted by Crippen LogP contribution is 2.65. The van der Waals surface area contributed by atoms with Gasteiger partial charge in [-0.25, -0.2) is 0 Å². The maximum atomic E-state index is 14.5. The van der Waals surface area contributed by atoms with E-state index in [2.05, 4.69) is 31.4 Å². The van der Waals surface area contributed by atoms with E-state index in [0.29, 0.717) is 13.0 Å². The fourth-order valence-electron chi connectivity index (χ4n) is 8.21. The van der Waals surface area contributed by atoms with E-state index < -0.39 is 40.7 Å². The van der Waals surface area contributed by atoms with Gasteiger partial charge in [0, 0.05) is 12.1 Å². The number of fused-ring (bicyclic) bond motifs is 1. The number of hydrogen-bond donors (Lipinski definition) is 3. The molecular formula is C33H51N3O5. The SMILES string of the molecule is CC[C@H](C)[C@H](CO)N1C(=O)[C@@H]2[C@H](C(=O)NCc3ccccc3)[C@@]3(C)OC2(CC3C)C1C(=O)NC(C)(C)CC(C)(C)C.